The molecule has 16 heavy (non-hydrogen) atoms. The first kappa shape index (κ1) is 11.3. The summed E-state index contributed by atoms with van der Waals surface area (Å²) in [5, 5.41) is 0. The van der Waals surface area contributed by atoms with Crippen LogP contribution in [0.25, 0.3) is 0 Å². The van der Waals surface area contributed by atoms with Gasteiger partial charge in [-0.15, -0.1) is 0 Å². The number of alkyl halides is 3. The van der Waals surface area contributed by atoms with Gasteiger partial charge in [0.05, 0.1) is 0 Å². The van der Waals surface area contributed by atoms with Crippen molar-refractivity contribution in [3.8, 4) is 5.75 Å². The average molecular weight is 231 g/mol. The molecule has 0 saturated carbocycles. The van der Waals surface area contributed by atoms with Gasteiger partial charge in [-0.3, -0.25) is 0 Å². The molecule has 0 amide bonds. The van der Waals surface area contributed by atoms with Crippen molar-refractivity contribution in [1.29, 1.82) is 0 Å². The van der Waals surface area contributed by atoms with Crippen molar-refractivity contribution in [3.63, 3.8) is 0 Å². The first-order chi connectivity index (χ1) is 7.52. The second-order valence-corrected chi connectivity index (χ2v) is 3.89. The third kappa shape index (κ3) is 2.00. The Balaban J connectivity index is 2.31. The molecule has 2 rings (SSSR count). The van der Waals surface area contributed by atoms with E-state index in [2.05, 4.69) is 0 Å². The van der Waals surface area contributed by atoms with E-state index in [-0.39, 0.29) is 6.54 Å². The maximum Gasteiger partial charge on any atom is 0.425 e. The van der Waals surface area contributed by atoms with Gasteiger partial charge < -0.3 is 10.5 Å². The first-order valence-electron chi connectivity index (χ1n) is 5.03. The third-order valence-electron chi connectivity index (χ3n) is 2.76. The van der Waals surface area contributed by atoms with Crippen molar-refractivity contribution in [2.45, 2.75) is 18.7 Å². The fourth-order valence-electron chi connectivity index (χ4n) is 1.95. The molecule has 0 aliphatic carbocycles. The van der Waals surface area contributed by atoms with Crippen LogP contribution in [0.2, 0.25) is 0 Å². The van der Waals surface area contributed by atoms with E-state index in [1.54, 1.807) is 24.3 Å². The largest absolute Gasteiger partial charge is 0.480 e. The molecule has 1 aliphatic heterocycles. The van der Waals surface area contributed by atoms with Crippen LogP contribution in [-0.4, -0.2) is 18.8 Å². The quantitative estimate of drug-likeness (QED) is 0.803. The minimum absolute atomic E-state index is 0.0293. The molecule has 2 atom stereocenters. The van der Waals surface area contributed by atoms with Gasteiger partial charge in [-0.2, -0.15) is 13.2 Å². The Morgan fingerprint density at radius 2 is 2.00 bits per heavy atom. The predicted molar refractivity (Wildman–Crippen MR) is 53.2 cm³/mol. The summed E-state index contributed by atoms with van der Waals surface area (Å²) >= 11 is 0. The normalized spacial score (nSPS) is 24.8. The third-order valence-corrected chi connectivity index (χ3v) is 2.76. The molecule has 0 radical (unpaired) electrons. The van der Waals surface area contributed by atoms with Crippen LogP contribution in [0.15, 0.2) is 24.3 Å². The minimum Gasteiger partial charge on any atom is -0.480 e. The van der Waals surface area contributed by atoms with Crippen LogP contribution in [0.4, 0.5) is 13.2 Å². The molecule has 88 valence electrons. The average Bonchev–Trinajstić information content (AvgIpc) is 2.26. The number of para-hydroxylation sites is 1. The van der Waals surface area contributed by atoms with Crippen LogP contribution in [0, 0.1) is 5.92 Å². The predicted octanol–water partition coefficient (Wildman–Crippen LogP) is 2.13. The standard InChI is InChI=1S/C11H12F3NO/c12-11(13,14)10-8(6-15)5-7-3-1-2-4-9(7)16-10/h1-4,8,10H,5-6,15H2. The van der Waals surface area contributed by atoms with Crippen LogP contribution >= 0.6 is 0 Å². The Labute approximate surface area is 91.2 Å². The van der Waals surface area contributed by atoms with Gasteiger partial charge in [0.1, 0.15) is 5.75 Å². The smallest absolute Gasteiger partial charge is 0.425 e. The molecule has 0 saturated heterocycles. The molecule has 2 nitrogen and oxygen atoms in total. The van der Waals surface area contributed by atoms with Crippen molar-refractivity contribution >= 4 is 0 Å². The van der Waals surface area contributed by atoms with E-state index in [4.69, 9.17) is 10.5 Å². The monoisotopic (exact) mass is 231 g/mol. The second-order valence-electron chi connectivity index (χ2n) is 3.89. The highest BCUT2D eigenvalue weighted by Crippen LogP contribution is 2.37. The topological polar surface area (TPSA) is 35.2 Å². The molecule has 0 spiro atoms. The molecule has 1 aliphatic rings. The number of hydrogen-bond acceptors (Lipinski definition) is 2. The lowest BCUT2D eigenvalue weighted by Crippen LogP contribution is -2.47. The molecule has 0 fully saturated rings. The van der Waals surface area contributed by atoms with Gasteiger partial charge in [0.25, 0.3) is 0 Å². The van der Waals surface area contributed by atoms with Gasteiger partial charge in [0, 0.05) is 5.92 Å². The summed E-state index contributed by atoms with van der Waals surface area (Å²) < 4.78 is 43.1. The van der Waals surface area contributed by atoms with Crippen LogP contribution in [0.5, 0.6) is 5.75 Å². The lowest BCUT2D eigenvalue weighted by molar-refractivity contribution is -0.212. The molecular formula is C11H12F3NO. The van der Waals surface area contributed by atoms with E-state index in [0.717, 1.165) is 5.56 Å². The van der Waals surface area contributed by atoms with Crippen LogP contribution in [0.3, 0.4) is 0 Å². The number of nitrogens with two attached hydrogens (primary N) is 1. The van der Waals surface area contributed by atoms with Crippen molar-refractivity contribution < 1.29 is 17.9 Å². The molecule has 1 aromatic carbocycles. The molecule has 2 unspecified atom stereocenters. The molecule has 0 aromatic heterocycles. The van der Waals surface area contributed by atoms with Gasteiger partial charge in [-0.05, 0) is 24.6 Å². The van der Waals surface area contributed by atoms with E-state index in [1.807, 2.05) is 0 Å². The van der Waals surface area contributed by atoms with E-state index >= 15 is 0 Å². The van der Waals surface area contributed by atoms with Gasteiger partial charge in [0.2, 0.25) is 0 Å². The van der Waals surface area contributed by atoms with Gasteiger partial charge >= 0.3 is 6.18 Å². The van der Waals surface area contributed by atoms with E-state index in [0.29, 0.717) is 12.2 Å². The fraction of sp³-hybridized carbons (Fsp3) is 0.455. The van der Waals surface area contributed by atoms with Crippen molar-refractivity contribution in [1.82, 2.24) is 0 Å². The summed E-state index contributed by atoms with van der Waals surface area (Å²) in [5.41, 5.74) is 6.16. The van der Waals surface area contributed by atoms with Gasteiger partial charge in [0.15, 0.2) is 6.10 Å². The SMILES string of the molecule is NCC1Cc2ccccc2OC1C(F)(F)F. The lowest BCUT2D eigenvalue weighted by atomic mass is 9.90. The number of fused-ring (bicyclic) bond motifs is 1. The summed E-state index contributed by atoms with van der Waals surface area (Å²) in [5.74, 6) is -0.385. The van der Waals surface area contributed by atoms with Crippen LogP contribution < -0.4 is 10.5 Å². The van der Waals surface area contributed by atoms with Gasteiger partial charge in [-0.25, -0.2) is 0 Å². The zero-order valence-electron chi connectivity index (χ0n) is 8.50. The number of rotatable bonds is 1. The number of hydrogen-bond donors (Lipinski definition) is 1. The molecule has 5 heteroatoms. The van der Waals surface area contributed by atoms with Gasteiger partial charge in [-0.1, -0.05) is 18.2 Å². The molecule has 2 N–H and O–H groups in total. The second kappa shape index (κ2) is 3.97. The van der Waals surface area contributed by atoms with E-state index in [1.165, 1.54) is 0 Å². The fourth-order valence-corrected chi connectivity index (χ4v) is 1.95. The Kier molecular flexibility index (Phi) is 2.80. The Morgan fingerprint density at radius 1 is 1.31 bits per heavy atom. The number of halogens is 3. The highest BCUT2D eigenvalue weighted by Gasteiger charge is 2.48. The summed E-state index contributed by atoms with van der Waals surface area (Å²) in [6.45, 7) is -0.0293. The van der Waals surface area contributed by atoms with Crippen LogP contribution in [-0.2, 0) is 6.42 Å². The van der Waals surface area contributed by atoms with Crippen molar-refractivity contribution in [2.75, 3.05) is 6.54 Å². The van der Waals surface area contributed by atoms with Crippen molar-refractivity contribution in [2.24, 2.45) is 11.7 Å². The molecule has 1 aromatic rings. The number of ether oxygens (including phenoxy) is 1. The van der Waals surface area contributed by atoms with Crippen LogP contribution in [0.1, 0.15) is 5.56 Å². The Bertz CT molecular complexity index is 378. The highest BCUT2D eigenvalue weighted by atomic mass is 19.4. The van der Waals surface area contributed by atoms with Crippen molar-refractivity contribution in [3.05, 3.63) is 29.8 Å². The zero-order chi connectivity index (χ0) is 11.8. The maximum absolute atomic E-state index is 12.7. The molecular weight excluding hydrogens is 219 g/mol. The summed E-state index contributed by atoms with van der Waals surface area (Å²) in [4.78, 5) is 0. The Morgan fingerprint density at radius 3 is 2.62 bits per heavy atom. The summed E-state index contributed by atoms with van der Waals surface area (Å²) in [6.07, 6.45) is -5.83. The first-order valence-corrected chi connectivity index (χ1v) is 5.03. The molecule has 0 bridgehead atoms. The van der Waals surface area contributed by atoms with E-state index < -0.39 is 18.2 Å². The summed E-state index contributed by atoms with van der Waals surface area (Å²) in [6, 6.07) is 6.77. The zero-order valence-corrected chi connectivity index (χ0v) is 8.50. The Hall–Kier alpha value is -1.23. The minimum atomic E-state index is -4.36. The highest BCUT2D eigenvalue weighted by molar-refractivity contribution is 5.36. The molecule has 1 heterocycles. The number of benzene rings is 1. The summed E-state index contributed by atoms with van der Waals surface area (Å²) in [7, 11) is 0. The maximum atomic E-state index is 12.7. The van der Waals surface area contributed by atoms with E-state index in [9.17, 15) is 13.2 Å². The lowest BCUT2D eigenvalue weighted by Gasteiger charge is -2.34.